The SMILES string of the molecule is Cc1cnn(-c2ccc(N)nc2)c1. The van der Waals surface area contributed by atoms with Crippen molar-refractivity contribution in [1.82, 2.24) is 14.8 Å². The van der Waals surface area contributed by atoms with Crippen molar-refractivity contribution in [1.29, 1.82) is 0 Å². The van der Waals surface area contributed by atoms with Gasteiger partial charge in [0.1, 0.15) is 5.82 Å². The maximum absolute atomic E-state index is 5.47. The van der Waals surface area contributed by atoms with Crippen molar-refractivity contribution < 1.29 is 0 Å². The number of nitrogens with two attached hydrogens (primary N) is 1. The molecule has 4 nitrogen and oxygen atoms in total. The first kappa shape index (κ1) is 7.79. The number of rotatable bonds is 1. The van der Waals surface area contributed by atoms with Gasteiger partial charge >= 0.3 is 0 Å². The Morgan fingerprint density at radius 2 is 2.15 bits per heavy atom. The molecule has 0 aliphatic rings. The van der Waals surface area contributed by atoms with E-state index in [1.54, 1.807) is 23.1 Å². The molecular formula is C9H10N4. The van der Waals surface area contributed by atoms with E-state index in [9.17, 15) is 0 Å². The third-order valence-electron chi connectivity index (χ3n) is 1.75. The van der Waals surface area contributed by atoms with Crippen LogP contribution in [0.3, 0.4) is 0 Å². The molecule has 0 fully saturated rings. The van der Waals surface area contributed by atoms with E-state index in [2.05, 4.69) is 10.1 Å². The lowest BCUT2D eigenvalue weighted by molar-refractivity contribution is 0.874. The second-order valence-corrected chi connectivity index (χ2v) is 2.90. The summed E-state index contributed by atoms with van der Waals surface area (Å²) < 4.78 is 1.77. The fraction of sp³-hybridized carbons (Fsp3) is 0.111. The van der Waals surface area contributed by atoms with Crippen molar-refractivity contribution in [3.8, 4) is 5.69 Å². The summed E-state index contributed by atoms with van der Waals surface area (Å²) in [5.74, 6) is 0.521. The minimum Gasteiger partial charge on any atom is -0.384 e. The highest BCUT2D eigenvalue weighted by Gasteiger charge is 1.97. The van der Waals surface area contributed by atoms with Crippen LogP contribution in [0, 0.1) is 6.92 Å². The van der Waals surface area contributed by atoms with Crippen molar-refractivity contribution in [2.45, 2.75) is 6.92 Å². The van der Waals surface area contributed by atoms with E-state index in [0.29, 0.717) is 5.82 Å². The van der Waals surface area contributed by atoms with Gasteiger partial charge in [0.05, 0.1) is 18.1 Å². The summed E-state index contributed by atoms with van der Waals surface area (Å²) in [6, 6.07) is 3.64. The van der Waals surface area contributed by atoms with Crippen LogP contribution in [0.25, 0.3) is 5.69 Å². The van der Waals surface area contributed by atoms with Gasteiger partial charge in [-0.25, -0.2) is 9.67 Å². The first-order valence-electron chi connectivity index (χ1n) is 3.99. The Morgan fingerprint density at radius 3 is 2.69 bits per heavy atom. The first-order valence-corrected chi connectivity index (χ1v) is 3.99. The minimum absolute atomic E-state index is 0.521. The van der Waals surface area contributed by atoms with Gasteiger partial charge in [-0.05, 0) is 24.6 Å². The molecule has 0 amide bonds. The third kappa shape index (κ3) is 1.51. The summed E-state index contributed by atoms with van der Waals surface area (Å²) in [5.41, 5.74) is 7.51. The molecule has 0 aliphatic heterocycles. The molecule has 13 heavy (non-hydrogen) atoms. The summed E-state index contributed by atoms with van der Waals surface area (Å²) >= 11 is 0. The first-order chi connectivity index (χ1) is 6.25. The molecule has 2 aromatic rings. The Labute approximate surface area is 76.0 Å². The van der Waals surface area contributed by atoms with Gasteiger partial charge in [-0.3, -0.25) is 0 Å². The zero-order chi connectivity index (χ0) is 9.26. The predicted molar refractivity (Wildman–Crippen MR) is 50.5 cm³/mol. The largest absolute Gasteiger partial charge is 0.384 e. The predicted octanol–water partition coefficient (Wildman–Crippen LogP) is 1.16. The smallest absolute Gasteiger partial charge is 0.123 e. The molecule has 2 heterocycles. The minimum atomic E-state index is 0.521. The molecule has 2 rings (SSSR count). The topological polar surface area (TPSA) is 56.7 Å². The van der Waals surface area contributed by atoms with Crippen LogP contribution in [0.2, 0.25) is 0 Å². The van der Waals surface area contributed by atoms with Crippen molar-refractivity contribution in [2.75, 3.05) is 5.73 Å². The third-order valence-corrected chi connectivity index (χ3v) is 1.75. The van der Waals surface area contributed by atoms with Crippen LogP contribution in [-0.4, -0.2) is 14.8 Å². The maximum atomic E-state index is 5.47. The molecule has 0 saturated carbocycles. The van der Waals surface area contributed by atoms with Crippen LogP contribution in [-0.2, 0) is 0 Å². The fourth-order valence-corrected chi connectivity index (χ4v) is 1.09. The molecule has 0 bridgehead atoms. The molecule has 0 aliphatic carbocycles. The Morgan fingerprint density at radius 1 is 1.31 bits per heavy atom. The molecule has 4 heteroatoms. The summed E-state index contributed by atoms with van der Waals surface area (Å²) in [7, 11) is 0. The lowest BCUT2D eigenvalue weighted by Gasteiger charge is -1.99. The summed E-state index contributed by atoms with van der Waals surface area (Å²) in [5, 5.41) is 4.15. The monoisotopic (exact) mass is 174 g/mol. The van der Waals surface area contributed by atoms with Gasteiger partial charge in [0, 0.05) is 6.20 Å². The molecule has 0 spiro atoms. The van der Waals surface area contributed by atoms with E-state index in [4.69, 9.17) is 5.73 Å². The number of nitrogens with zero attached hydrogens (tertiary/aromatic N) is 3. The van der Waals surface area contributed by atoms with Gasteiger partial charge in [-0.15, -0.1) is 0 Å². The van der Waals surface area contributed by atoms with E-state index in [1.165, 1.54) is 0 Å². The van der Waals surface area contributed by atoms with Crippen molar-refractivity contribution in [3.05, 3.63) is 36.3 Å². The summed E-state index contributed by atoms with van der Waals surface area (Å²) in [6.07, 6.45) is 5.44. The lowest BCUT2D eigenvalue weighted by Crippen LogP contribution is -1.96. The van der Waals surface area contributed by atoms with Crippen molar-refractivity contribution in [2.24, 2.45) is 0 Å². The average molecular weight is 174 g/mol. The van der Waals surface area contributed by atoms with Gasteiger partial charge < -0.3 is 5.73 Å². The Balaban J connectivity index is 2.41. The van der Waals surface area contributed by atoms with E-state index in [0.717, 1.165) is 11.3 Å². The zero-order valence-electron chi connectivity index (χ0n) is 7.31. The highest BCUT2D eigenvalue weighted by molar-refractivity contribution is 5.36. The van der Waals surface area contributed by atoms with Crippen LogP contribution in [0.4, 0.5) is 5.82 Å². The van der Waals surface area contributed by atoms with Crippen molar-refractivity contribution in [3.63, 3.8) is 0 Å². The number of hydrogen-bond acceptors (Lipinski definition) is 3. The quantitative estimate of drug-likeness (QED) is 0.705. The number of aryl methyl sites for hydroxylation is 1. The van der Waals surface area contributed by atoms with Crippen molar-refractivity contribution >= 4 is 5.82 Å². The van der Waals surface area contributed by atoms with Crippen LogP contribution in [0.1, 0.15) is 5.56 Å². The van der Waals surface area contributed by atoms with Gasteiger partial charge in [0.2, 0.25) is 0 Å². The molecule has 0 unspecified atom stereocenters. The number of pyridine rings is 1. The molecule has 2 N–H and O–H groups in total. The number of hydrogen-bond donors (Lipinski definition) is 1. The standard InChI is InChI=1S/C9H10N4/c1-7-4-12-13(6-7)8-2-3-9(10)11-5-8/h2-6H,1H3,(H2,10,11). The van der Waals surface area contributed by atoms with E-state index in [1.807, 2.05) is 19.2 Å². The molecular weight excluding hydrogens is 164 g/mol. The van der Waals surface area contributed by atoms with E-state index >= 15 is 0 Å². The van der Waals surface area contributed by atoms with E-state index in [-0.39, 0.29) is 0 Å². The Kier molecular flexibility index (Phi) is 1.73. The number of anilines is 1. The molecule has 0 atom stereocenters. The number of nitrogen functional groups attached to an aromatic ring is 1. The fourth-order valence-electron chi connectivity index (χ4n) is 1.09. The lowest BCUT2D eigenvalue weighted by atomic mass is 10.4. The second-order valence-electron chi connectivity index (χ2n) is 2.90. The normalized spacial score (nSPS) is 10.2. The zero-order valence-corrected chi connectivity index (χ0v) is 7.31. The van der Waals surface area contributed by atoms with Crippen LogP contribution >= 0.6 is 0 Å². The van der Waals surface area contributed by atoms with Crippen LogP contribution < -0.4 is 5.73 Å². The highest BCUT2D eigenvalue weighted by atomic mass is 15.3. The molecule has 2 aromatic heterocycles. The van der Waals surface area contributed by atoms with Gasteiger partial charge in [0.15, 0.2) is 0 Å². The van der Waals surface area contributed by atoms with Gasteiger partial charge in [0.25, 0.3) is 0 Å². The maximum Gasteiger partial charge on any atom is 0.123 e. The highest BCUT2D eigenvalue weighted by Crippen LogP contribution is 2.07. The Bertz CT molecular complexity index is 402. The second kappa shape index (κ2) is 2.90. The molecule has 0 radical (unpaired) electrons. The molecule has 0 saturated heterocycles. The molecule has 0 aromatic carbocycles. The van der Waals surface area contributed by atoms with Crippen LogP contribution in [0.15, 0.2) is 30.7 Å². The van der Waals surface area contributed by atoms with Gasteiger partial charge in [-0.1, -0.05) is 0 Å². The Hall–Kier alpha value is -1.84. The molecule has 66 valence electrons. The summed E-state index contributed by atoms with van der Waals surface area (Å²) in [6.45, 7) is 1.99. The summed E-state index contributed by atoms with van der Waals surface area (Å²) in [4.78, 5) is 3.98. The van der Waals surface area contributed by atoms with Crippen LogP contribution in [0.5, 0.6) is 0 Å². The van der Waals surface area contributed by atoms with E-state index < -0.39 is 0 Å². The average Bonchev–Trinajstić information content (AvgIpc) is 2.53. The van der Waals surface area contributed by atoms with Gasteiger partial charge in [-0.2, -0.15) is 5.10 Å². The number of aromatic nitrogens is 3.